The zero-order valence-corrected chi connectivity index (χ0v) is 9.44. The molecule has 12 heavy (non-hydrogen) atoms. The molecule has 0 unspecified atom stereocenters. The Morgan fingerprint density at radius 2 is 2.58 bits per heavy atom. The zero-order chi connectivity index (χ0) is 8.97. The highest BCUT2D eigenvalue weighted by molar-refractivity contribution is 14.1. The third-order valence-corrected chi connectivity index (χ3v) is 3.17. The number of ether oxygens (including phenoxy) is 1. The molecule has 0 aliphatic carbocycles. The molecule has 0 saturated heterocycles. The molecule has 0 aliphatic rings. The van der Waals surface area contributed by atoms with Crippen LogP contribution in [0.2, 0.25) is 0 Å². The van der Waals surface area contributed by atoms with Crippen molar-refractivity contribution in [1.82, 2.24) is 0 Å². The second kappa shape index (κ2) is 4.66. The van der Waals surface area contributed by atoms with Crippen molar-refractivity contribution in [2.24, 2.45) is 0 Å². The van der Waals surface area contributed by atoms with Crippen molar-refractivity contribution in [2.45, 2.75) is 6.92 Å². The number of amides is 1. The number of halogens is 1. The SMILES string of the molecule is CCOC(=O)Nc1ccsc1I. The Morgan fingerprint density at radius 1 is 1.83 bits per heavy atom. The normalized spacial score (nSPS) is 9.50. The Morgan fingerprint density at radius 3 is 3.08 bits per heavy atom. The van der Waals surface area contributed by atoms with Crippen LogP contribution in [0.15, 0.2) is 11.4 Å². The van der Waals surface area contributed by atoms with E-state index in [1.807, 2.05) is 11.4 Å². The quantitative estimate of drug-likeness (QED) is 0.852. The van der Waals surface area contributed by atoms with Crippen LogP contribution >= 0.6 is 33.9 Å². The van der Waals surface area contributed by atoms with Crippen molar-refractivity contribution in [2.75, 3.05) is 11.9 Å². The molecule has 0 atom stereocenters. The Labute approximate surface area is 88.3 Å². The lowest BCUT2D eigenvalue weighted by atomic mass is 10.5. The fraction of sp³-hybridized carbons (Fsp3) is 0.286. The molecule has 66 valence electrons. The lowest BCUT2D eigenvalue weighted by Crippen LogP contribution is -2.13. The Balaban J connectivity index is 2.52. The van der Waals surface area contributed by atoms with Crippen LogP contribution in [0.25, 0.3) is 0 Å². The number of rotatable bonds is 2. The maximum atomic E-state index is 10.9. The summed E-state index contributed by atoms with van der Waals surface area (Å²) < 4.78 is 5.78. The summed E-state index contributed by atoms with van der Waals surface area (Å²) in [6, 6.07) is 1.85. The number of carbonyl (C=O) groups is 1. The van der Waals surface area contributed by atoms with Gasteiger partial charge in [-0.2, -0.15) is 0 Å². The average molecular weight is 297 g/mol. The molecule has 5 heteroatoms. The molecule has 0 aliphatic heterocycles. The molecule has 0 saturated carbocycles. The van der Waals surface area contributed by atoms with Crippen LogP contribution in [0.1, 0.15) is 6.92 Å². The fourth-order valence-corrected chi connectivity index (χ4v) is 1.98. The van der Waals surface area contributed by atoms with E-state index < -0.39 is 6.09 Å². The summed E-state index contributed by atoms with van der Waals surface area (Å²) in [6.07, 6.45) is -0.395. The smallest absolute Gasteiger partial charge is 0.411 e. The van der Waals surface area contributed by atoms with Crippen LogP contribution in [0.3, 0.4) is 0 Å². The summed E-state index contributed by atoms with van der Waals surface area (Å²) in [4.78, 5) is 10.9. The van der Waals surface area contributed by atoms with Crippen LogP contribution < -0.4 is 5.32 Å². The van der Waals surface area contributed by atoms with Gasteiger partial charge in [0.05, 0.1) is 15.2 Å². The Bertz CT molecular complexity index is 274. The molecule has 0 fully saturated rings. The van der Waals surface area contributed by atoms with Gasteiger partial charge < -0.3 is 4.74 Å². The lowest BCUT2D eigenvalue weighted by molar-refractivity contribution is 0.168. The first-order chi connectivity index (χ1) is 5.74. The lowest BCUT2D eigenvalue weighted by Gasteiger charge is -2.02. The fourth-order valence-electron chi connectivity index (χ4n) is 0.659. The van der Waals surface area contributed by atoms with Crippen LogP contribution in [0.4, 0.5) is 10.5 Å². The van der Waals surface area contributed by atoms with E-state index in [4.69, 9.17) is 4.74 Å². The van der Waals surface area contributed by atoms with Crippen LogP contribution in [0.5, 0.6) is 0 Å². The maximum Gasteiger partial charge on any atom is 0.411 e. The highest BCUT2D eigenvalue weighted by Crippen LogP contribution is 2.23. The van der Waals surface area contributed by atoms with Crippen LogP contribution in [0, 0.1) is 2.88 Å². The van der Waals surface area contributed by atoms with Crippen molar-refractivity contribution in [1.29, 1.82) is 0 Å². The second-order valence-corrected chi connectivity index (χ2v) is 4.68. The third-order valence-electron chi connectivity index (χ3n) is 1.13. The molecule has 0 bridgehead atoms. The first-order valence-corrected chi connectivity index (χ1v) is 5.36. The minimum absolute atomic E-state index is 0.395. The zero-order valence-electron chi connectivity index (χ0n) is 6.46. The van der Waals surface area contributed by atoms with Gasteiger partial charge in [0.25, 0.3) is 0 Å². The highest BCUT2D eigenvalue weighted by atomic mass is 127. The van der Waals surface area contributed by atoms with Gasteiger partial charge >= 0.3 is 6.09 Å². The van der Waals surface area contributed by atoms with Crippen molar-refractivity contribution >= 4 is 45.7 Å². The van der Waals surface area contributed by atoms with E-state index in [9.17, 15) is 4.79 Å². The number of thiophene rings is 1. The summed E-state index contributed by atoms with van der Waals surface area (Å²) >= 11 is 3.75. The summed E-state index contributed by atoms with van der Waals surface area (Å²) in [5, 5.41) is 4.55. The number of carbonyl (C=O) groups excluding carboxylic acids is 1. The number of nitrogens with one attached hydrogen (secondary N) is 1. The molecule has 0 radical (unpaired) electrons. The molecule has 3 nitrogen and oxygen atoms in total. The molecule has 0 spiro atoms. The van der Waals surface area contributed by atoms with Gasteiger partial charge in [0.1, 0.15) is 0 Å². The number of anilines is 1. The van der Waals surface area contributed by atoms with Crippen LogP contribution in [-0.4, -0.2) is 12.7 Å². The topological polar surface area (TPSA) is 38.3 Å². The van der Waals surface area contributed by atoms with E-state index in [-0.39, 0.29) is 0 Å². The van der Waals surface area contributed by atoms with E-state index in [1.165, 1.54) is 0 Å². The average Bonchev–Trinajstić information content (AvgIpc) is 2.37. The van der Waals surface area contributed by atoms with Gasteiger partial charge in [-0.3, -0.25) is 5.32 Å². The van der Waals surface area contributed by atoms with Crippen molar-refractivity contribution in [3.05, 3.63) is 14.3 Å². The van der Waals surface area contributed by atoms with Crippen molar-refractivity contribution in [3.8, 4) is 0 Å². The van der Waals surface area contributed by atoms with Gasteiger partial charge in [-0.05, 0) is 41.0 Å². The van der Waals surface area contributed by atoms with Crippen LogP contribution in [-0.2, 0) is 4.74 Å². The highest BCUT2D eigenvalue weighted by Gasteiger charge is 2.05. The molecular formula is C7H8INO2S. The van der Waals surface area contributed by atoms with Crippen molar-refractivity contribution < 1.29 is 9.53 Å². The first-order valence-electron chi connectivity index (χ1n) is 3.40. The van der Waals surface area contributed by atoms with Gasteiger partial charge in [-0.15, -0.1) is 11.3 Å². The minimum Gasteiger partial charge on any atom is -0.450 e. The number of hydrogen-bond acceptors (Lipinski definition) is 3. The predicted octanol–water partition coefficient (Wildman–Crippen LogP) is 2.92. The molecule has 1 aromatic heterocycles. The summed E-state index contributed by atoms with van der Waals surface area (Å²) in [6.45, 7) is 2.17. The molecule has 1 N–H and O–H groups in total. The van der Waals surface area contributed by atoms with Gasteiger partial charge in [-0.25, -0.2) is 4.79 Å². The maximum absolute atomic E-state index is 10.9. The van der Waals surface area contributed by atoms with Gasteiger partial charge in [0.2, 0.25) is 0 Å². The largest absolute Gasteiger partial charge is 0.450 e. The summed E-state index contributed by atoms with van der Waals surface area (Å²) in [5.74, 6) is 0. The van der Waals surface area contributed by atoms with Crippen molar-refractivity contribution in [3.63, 3.8) is 0 Å². The molecular weight excluding hydrogens is 289 g/mol. The molecule has 1 rings (SSSR count). The Kier molecular flexibility index (Phi) is 3.80. The second-order valence-electron chi connectivity index (χ2n) is 1.95. The standard InChI is InChI=1S/C7H8INO2S/c1-2-11-7(10)9-5-3-4-12-6(5)8/h3-4H,2H2,1H3,(H,9,10). The van der Waals surface area contributed by atoms with E-state index >= 15 is 0 Å². The molecule has 0 aromatic carbocycles. The monoisotopic (exact) mass is 297 g/mol. The minimum atomic E-state index is -0.395. The summed E-state index contributed by atoms with van der Waals surface area (Å²) in [5.41, 5.74) is 0.819. The van der Waals surface area contributed by atoms with E-state index in [0.29, 0.717) is 6.61 Å². The predicted molar refractivity (Wildman–Crippen MR) is 57.7 cm³/mol. The molecule has 1 aromatic rings. The van der Waals surface area contributed by atoms with E-state index in [0.717, 1.165) is 8.57 Å². The summed E-state index contributed by atoms with van der Waals surface area (Å²) in [7, 11) is 0. The van der Waals surface area contributed by atoms with Gasteiger partial charge in [-0.1, -0.05) is 0 Å². The van der Waals surface area contributed by atoms with E-state index in [2.05, 4.69) is 27.9 Å². The van der Waals surface area contributed by atoms with Gasteiger partial charge in [0.15, 0.2) is 0 Å². The Hall–Kier alpha value is -0.300. The molecule has 1 heterocycles. The van der Waals surface area contributed by atoms with Gasteiger partial charge in [0, 0.05) is 0 Å². The van der Waals surface area contributed by atoms with E-state index in [1.54, 1.807) is 18.3 Å². The molecule has 1 amide bonds. The number of hydrogen-bond donors (Lipinski definition) is 1. The third kappa shape index (κ3) is 2.63. The first kappa shape index (κ1) is 9.79.